The number of hydrogen-bond acceptors (Lipinski definition) is 6. The van der Waals surface area contributed by atoms with Crippen LogP contribution in [-0.2, 0) is 31.2 Å². The van der Waals surface area contributed by atoms with Gasteiger partial charge in [0, 0.05) is 64.4 Å². The number of rotatable bonds is 2. The van der Waals surface area contributed by atoms with E-state index in [0.717, 1.165) is 28.9 Å². The van der Waals surface area contributed by atoms with Crippen LogP contribution in [0.1, 0.15) is 53.0 Å². The number of ether oxygens (including phenoxy) is 1. The maximum absolute atomic E-state index is 13.3. The fourth-order valence-corrected chi connectivity index (χ4v) is 3.98. The van der Waals surface area contributed by atoms with E-state index in [1.807, 2.05) is 51.0 Å². The molecule has 4 heterocycles. The molecule has 0 aliphatic carbocycles. The minimum absolute atomic E-state index is 0.0230. The van der Waals surface area contributed by atoms with E-state index in [4.69, 9.17) is 4.74 Å². The zero-order valence-corrected chi connectivity index (χ0v) is 16.6. The van der Waals surface area contributed by atoms with Crippen molar-refractivity contribution in [2.24, 2.45) is 7.05 Å². The Kier molecular flexibility index (Phi) is 4.38. The maximum atomic E-state index is 13.3. The second kappa shape index (κ2) is 6.60. The Morgan fingerprint density at radius 3 is 2.85 bits per heavy atom. The zero-order valence-electron chi connectivity index (χ0n) is 16.6. The van der Waals surface area contributed by atoms with E-state index in [2.05, 4.69) is 15.1 Å². The largest absolute Gasteiger partial charge is 0.369 e. The highest BCUT2D eigenvalue weighted by Gasteiger charge is 2.34. The van der Waals surface area contributed by atoms with Crippen LogP contribution in [0, 0.1) is 0 Å². The molecule has 144 valence electrons. The quantitative estimate of drug-likeness (QED) is 0.797. The molecule has 0 spiro atoms. The highest BCUT2D eigenvalue weighted by molar-refractivity contribution is 5.94. The summed E-state index contributed by atoms with van der Waals surface area (Å²) < 4.78 is 7.58. The van der Waals surface area contributed by atoms with Gasteiger partial charge in [-0.25, -0.2) is 9.97 Å². The molecule has 27 heavy (non-hydrogen) atoms. The van der Waals surface area contributed by atoms with Crippen molar-refractivity contribution in [1.82, 2.24) is 24.6 Å². The van der Waals surface area contributed by atoms with Crippen LogP contribution in [0.3, 0.4) is 0 Å². The van der Waals surface area contributed by atoms with Crippen LogP contribution in [-0.4, -0.2) is 57.3 Å². The summed E-state index contributed by atoms with van der Waals surface area (Å²) in [6.45, 7) is 5.21. The van der Waals surface area contributed by atoms with Gasteiger partial charge in [-0.3, -0.25) is 9.48 Å². The second-order valence-electron chi connectivity index (χ2n) is 7.64. The van der Waals surface area contributed by atoms with E-state index in [1.54, 1.807) is 4.68 Å². The topological polar surface area (TPSA) is 76.4 Å². The number of nitrogens with zero attached hydrogens (tertiary/aromatic N) is 6. The molecule has 2 aliphatic heterocycles. The molecule has 0 unspecified atom stereocenters. The number of aryl methyl sites for hydroxylation is 1. The molecule has 0 N–H and O–H groups in total. The standard InChI is InChI=1S/C19H26N6O2/c1-11-8-14-16(12(2)27-11)22-24(5)17(14)18(26)25-7-6-15-13(10-25)9-20-19(21-15)23(3)4/h9,11-12H,6-8,10H2,1-5H3/t11-,12+/m1/s1. The molecule has 8 heteroatoms. The van der Waals surface area contributed by atoms with Gasteiger partial charge in [-0.15, -0.1) is 0 Å². The Labute approximate surface area is 159 Å². The predicted molar refractivity (Wildman–Crippen MR) is 101 cm³/mol. The SMILES string of the molecule is C[C@@H]1Cc2c(nn(C)c2C(=O)N2CCc3nc(N(C)C)ncc3C2)[C@H](C)O1. The number of anilines is 1. The normalized spacial score (nSPS) is 21.6. The fourth-order valence-electron chi connectivity index (χ4n) is 3.98. The highest BCUT2D eigenvalue weighted by atomic mass is 16.5. The lowest BCUT2D eigenvalue weighted by Crippen LogP contribution is -2.38. The van der Waals surface area contributed by atoms with Crippen molar-refractivity contribution < 1.29 is 9.53 Å². The molecule has 8 nitrogen and oxygen atoms in total. The number of carbonyl (C=O) groups is 1. The van der Waals surface area contributed by atoms with E-state index in [0.29, 0.717) is 31.2 Å². The smallest absolute Gasteiger partial charge is 0.272 e. The van der Waals surface area contributed by atoms with Crippen molar-refractivity contribution in [3.63, 3.8) is 0 Å². The summed E-state index contributed by atoms with van der Waals surface area (Å²) in [6, 6.07) is 0. The zero-order chi connectivity index (χ0) is 19.3. The first-order valence-electron chi connectivity index (χ1n) is 9.37. The first-order valence-corrected chi connectivity index (χ1v) is 9.37. The second-order valence-corrected chi connectivity index (χ2v) is 7.64. The van der Waals surface area contributed by atoms with Gasteiger partial charge in [0.15, 0.2) is 0 Å². The molecular formula is C19H26N6O2. The summed E-state index contributed by atoms with van der Waals surface area (Å²) in [5.41, 5.74) is 4.64. The number of hydrogen-bond donors (Lipinski definition) is 0. The highest BCUT2D eigenvalue weighted by Crippen LogP contribution is 2.32. The Morgan fingerprint density at radius 1 is 1.33 bits per heavy atom. The molecule has 2 aliphatic rings. The van der Waals surface area contributed by atoms with Crippen LogP contribution in [0.15, 0.2) is 6.20 Å². The number of aromatic nitrogens is 4. The summed E-state index contributed by atoms with van der Waals surface area (Å²) >= 11 is 0. The summed E-state index contributed by atoms with van der Waals surface area (Å²) in [5, 5.41) is 4.57. The molecule has 0 saturated heterocycles. The Hall–Kier alpha value is -2.48. The summed E-state index contributed by atoms with van der Waals surface area (Å²) in [4.78, 5) is 26.1. The van der Waals surface area contributed by atoms with Crippen molar-refractivity contribution in [1.29, 1.82) is 0 Å². The van der Waals surface area contributed by atoms with Gasteiger partial charge in [-0.05, 0) is 13.8 Å². The summed E-state index contributed by atoms with van der Waals surface area (Å²) in [6.07, 6.45) is 3.29. The average molecular weight is 370 g/mol. The molecule has 4 rings (SSSR count). The van der Waals surface area contributed by atoms with Gasteiger partial charge in [0.2, 0.25) is 5.95 Å². The number of fused-ring (bicyclic) bond motifs is 2. The lowest BCUT2D eigenvalue weighted by atomic mass is 9.98. The maximum Gasteiger partial charge on any atom is 0.272 e. The van der Waals surface area contributed by atoms with Crippen LogP contribution in [0.2, 0.25) is 0 Å². The van der Waals surface area contributed by atoms with E-state index < -0.39 is 0 Å². The van der Waals surface area contributed by atoms with Crippen molar-refractivity contribution >= 4 is 11.9 Å². The van der Waals surface area contributed by atoms with Crippen LogP contribution in [0.4, 0.5) is 5.95 Å². The summed E-state index contributed by atoms with van der Waals surface area (Å²) in [5.74, 6) is 0.729. The van der Waals surface area contributed by atoms with Gasteiger partial charge in [0.1, 0.15) is 5.69 Å². The lowest BCUT2D eigenvalue weighted by Gasteiger charge is -2.30. The van der Waals surface area contributed by atoms with Gasteiger partial charge in [-0.1, -0.05) is 0 Å². The third kappa shape index (κ3) is 3.07. The molecule has 0 aromatic carbocycles. The third-order valence-electron chi connectivity index (χ3n) is 5.30. The number of amides is 1. The average Bonchev–Trinajstić information content (AvgIpc) is 2.96. The van der Waals surface area contributed by atoms with E-state index in [1.165, 1.54) is 0 Å². The first kappa shape index (κ1) is 17.9. The number of carbonyl (C=O) groups excluding carboxylic acids is 1. The monoisotopic (exact) mass is 370 g/mol. The lowest BCUT2D eigenvalue weighted by molar-refractivity contribution is -0.00714. The van der Waals surface area contributed by atoms with Crippen molar-refractivity contribution in [2.45, 2.75) is 45.4 Å². The molecule has 2 atom stereocenters. The molecule has 0 radical (unpaired) electrons. The Balaban J connectivity index is 1.62. The summed E-state index contributed by atoms with van der Waals surface area (Å²) in [7, 11) is 5.70. The minimum atomic E-state index is -0.0866. The molecular weight excluding hydrogens is 344 g/mol. The van der Waals surface area contributed by atoms with Gasteiger partial charge in [0.25, 0.3) is 5.91 Å². The molecule has 1 amide bonds. The van der Waals surface area contributed by atoms with Gasteiger partial charge >= 0.3 is 0 Å². The van der Waals surface area contributed by atoms with E-state index in [9.17, 15) is 4.79 Å². The van der Waals surface area contributed by atoms with Crippen LogP contribution >= 0.6 is 0 Å². The van der Waals surface area contributed by atoms with Gasteiger partial charge in [0.05, 0.1) is 23.6 Å². The molecule has 2 aromatic rings. The minimum Gasteiger partial charge on any atom is -0.369 e. The van der Waals surface area contributed by atoms with Crippen molar-refractivity contribution in [3.8, 4) is 0 Å². The molecule has 0 saturated carbocycles. The first-order chi connectivity index (χ1) is 12.8. The Bertz CT molecular complexity index is 891. The van der Waals surface area contributed by atoms with E-state index in [-0.39, 0.29) is 18.1 Å². The van der Waals surface area contributed by atoms with Crippen LogP contribution in [0.25, 0.3) is 0 Å². The van der Waals surface area contributed by atoms with Crippen LogP contribution < -0.4 is 4.90 Å². The fraction of sp³-hybridized carbons (Fsp3) is 0.579. The Morgan fingerprint density at radius 2 is 2.11 bits per heavy atom. The van der Waals surface area contributed by atoms with Crippen LogP contribution in [0.5, 0.6) is 0 Å². The predicted octanol–water partition coefficient (Wildman–Crippen LogP) is 1.50. The molecule has 0 fully saturated rings. The van der Waals surface area contributed by atoms with Gasteiger partial charge in [-0.2, -0.15) is 5.10 Å². The van der Waals surface area contributed by atoms with Crippen molar-refractivity contribution in [3.05, 3.63) is 34.4 Å². The third-order valence-corrected chi connectivity index (χ3v) is 5.30. The molecule has 2 aromatic heterocycles. The van der Waals surface area contributed by atoms with E-state index >= 15 is 0 Å². The molecule has 0 bridgehead atoms. The van der Waals surface area contributed by atoms with Crippen molar-refractivity contribution in [2.75, 3.05) is 25.5 Å². The van der Waals surface area contributed by atoms with Gasteiger partial charge < -0.3 is 14.5 Å².